The molecule has 5 heteroatoms. The first-order valence-electron chi connectivity index (χ1n) is 7.74. The average molecular weight is 302 g/mol. The Morgan fingerprint density at radius 2 is 2.14 bits per heavy atom. The molecule has 0 radical (unpaired) electrons. The maximum absolute atomic E-state index is 12.2. The second-order valence-electron chi connectivity index (χ2n) is 7.05. The van der Waals surface area contributed by atoms with Crippen molar-refractivity contribution in [3.8, 4) is 0 Å². The normalized spacial score (nSPS) is 22.2. The highest BCUT2D eigenvalue weighted by molar-refractivity contribution is 5.94. The third kappa shape index (κ3) is 2.86. The van der Waals surface area contributed by atoms with Gasteiger partial charge in [0.15, 0.2) is 5.58 Å². The number of fused-ring (bicyclic) bond motifs is 1. The van der Waals surface area contributed by atoms with Gasteiger partial charge in [0, 0.05) is 11.1 Å². The van der Waals surface area contributed by atoms with Crippen LogP contribution in [0.25, 0.3) is 11.1 Å². The van der Waals surface area contributed by atoms with E-state index in [0.717, 1.165) is 18.4 Å². The molecule has 0 spiro atoms. The molecule has 1 aliphatic carbocycles. The van der Waals surface area contributed by atoms with E-state index in [0.29, 0.717) is 23.6 Å². The number of carbonyl (C=O) groups excluding carboxylic acids is 1. The highest BCUT2D eigenvalue weighted by Crippen LogP contribution is 2.29. The lowest BCUT2D eigenvalue weighted by molar-refractivity contribution is -0.122. The van der Waals surface area contributed by atoms with Crippen LogP contribution < -0.4 is 5.32 Å². The summed E-state index contributed by atoms with van der Waals surface area (Å²) in [4.78, 5) is 16.7. The van der Waals surface area contributed by atoms with Crippen LogP contribution in [0.2, 0.25) is 0 Å². The number of nitrogens with one attached hydrogen (secondary N) is 1. The van der Waals surface area contributed by atoms with Crippen LogP contribution in [0, 0.1) is 5.92 Å². The fourth-order valence-corrected chi connectivity index (χ4v) is 2.81. The van der Waals surface area contributed by atoms with E-state index in [1.807, 2.05) is 32.9 Å². The maximum Gasteiger partial charge on any atom is 0.230 e. The summed E-state index contributed by atoms with van der Waals surface area (Å²) in [5, 5.41) is 12.7. The number of aliphatic hydroxyl groups excluding tert-OH is 1. The fraction of sp³-hybridized carbons (Fsp3) is 0.529. The Balaban J connectivity index is 1.81. The molecule has 1 aromatic carbocycles. The van der Waals surface area contributed by atoms with Crippen molar-refractivity contribution >= 4 is 22.7 Å². The number of rotatable bonds is 2. The van der Waals surface area contributed by atoms with Crippen LogP contribution in [-0.4, -0.2) is 22.1 Å². The third-order valence-electron chi connectivity index (χ3n) is 4.11. The molecule has 3 rings (SSSR count). The van der Waals surface area contributed by atoms with Crippen LogP contribution in [0.3, 0.4) is 0 Å². The molecule has 118 valence electrons. The minimum absolute atomic E-state index is 0.121. The number of carbonyl (C=O) groups is 1. The van der Waals surface area contributed by atoms with Gasteiger partial charge in [-0.05, 0) is 37.5 Å². The van der Waals surface area contributed by atoms with Crippen LogP contribution in [0.5, 0.6) is 0 Å². The number of benzene rings is 1. The minimum atomic E-state index is -0.525. The van der Waals surface area contributed by atoms with Crippen LogP contribution in [0.4, 0.5) is 5.69 Å². The predicted octanol–water partition coefficient (Wildman–Crippen LogP) is 3.22. The van der Waals surface area contributed by atoms with E-state index in [1.165, 1.54) is 0 Å². The number of aliphatic hydroxyl groups is 1. The Kier molecular flexibility index (Phi) is 3.68. The molecule has 1 heterocycles. The molecule has 1 amide bonds. The van der Waals surface area contributed by atoms with E-state index >= 15 is 0 Å². The van der Waals surface area contributed by atoms with E-state index in [2.05, 4.69) is 10.3 Å². The van der Waals surface area contributed by atoms with E-state index in [9.17, 15) is 9.90 Å². The van der Waals surface area contributed by atoms with Crippen molar-refractivity contribution in [2.45, 2.75) is 51.6 Å². The van der Waals surface area contributed by atoms with Crippen LogP contribution in [-0.2, 0) is 10.2 Å². The van der Waals surface area contributed by atoms with E-state index in [-0.39, 0.29) is 17.2 Å². The van der Waals surface area contributed by atoms with Crippen LogP contribution in [0.1, 0.15) is 45.9 Å². The quantitative estimate of drug-likeness (QED) is 0.893. The monoisotopic (exact) mass is 302 g/mol. The van der Waals surface area contributed by atoms with Gasteiger partial charge in [-0.25, -0.2) is 4.98 Å². The first-order chi connectivity index (χ1) is 10.3. The molecule has 2 N–H and O–H groups in total. The lowest BCUT2D eigenvalue weighted by Gasteiger charge is -2.14. The maximum atomic E-state index is 12.2. The molecular formula is C17H22N2O3. The highest BCUT2D eigenvalue weighted by atomic mass is 16.3. The number of aromatic nitrogens is 1. The summed E-state index contributed by atoms with van der Waals surface area (Å²) in [5.41, 5.74) is 1.97. The van der Waals surface area contributed by atoms with E-state index in [1.54, 1.807) is 6.07 Å². The molecule has 5 nitrogen and oxygen atoms in total. The topological polar surface area (TPSA) is 75.4 Å². The summed E-state index contributed by atoms with van der Waals surface area (Å²) < 4.78 is 5.75. The van der Waals surface area contributed by atoms with Gasteiger partial charge in [0.2, 0.25) is 11.8 Å². The Morgan fingerprint density at radius 1 is 1.36 bits per heavy atom. The summed E-state index contributed by atoms with van der Waals surface area (Å²) in [6, 6.07) is 5.44. The molecule has 0 saturated heterocycles. The smallest absolute Gasteiger partial charge is 0.230 e. The van der Waals surface area contributed by atoms with Crippen molar-refractivity contribution in [3.05, 3.63) is 24.1 Å². The second kappa shape index (κ2) is 5.39. The molecular weight excluding hydrogens is 280 g/mol. The Morgan fingerprint density at radius 3 is 2.77 bits per heavy atom. The molecule has 1 saturated carbocycles. The zero-order chi connectivity index (χ0) is 15.9. The summed E-state index contributed by atoms with van der Waals surface area (Å²) in [5.74, 6) is 0.249. The summed E-state index contributed by atoms with van der Waals surface area (Å²) in [6.07, 6.45) is 1.82. The van der Waals surface area contributed by atoms with Crippen molar-refractivity contribution in [2.24, 2.45) is 5.92 Å². The third-order valence-corrected chi connectivity index (χ3v) is 4.11. The Bertz CT molecular complexity index is 699. The summed E-state index contributed by atoms with van der Waals surface area (Å²) in [7, 11) is 0. The standard InChI is InChI=1S/C17H22N2O3/c1-17(2,3)16-19-12-9-10(7-8-14(12)22-16)18-15(21)11-5-4-6-13(11)20/h7-9,11,13,20H,4-6H2,1-3H3,(H,18,21). The van der Waals surface area contributed by atoms with Gasteiger partial charge in [-0.2, -0.15) is 0 Å². The van der Waals surface area contributed by atoms with Crippen molar-refractivity contribution in [1.29, 1.82) is 0 Å². The Hall–Kier alpha value is -1.88. The number of hydrogen-bond donors (Lipinski definition) is 2. The number of anilines is 1. The first kappa shape index (κ1) is 15.0. The number of nitrogens with zero attached hydrogens (tertiary/aromatic N) is 1. The molecule has 1 fully saturated rings. The molecule has 2 aromatic rings. The highest BCUT2D eigenvalue weighted by Gasteiger charge is 2.31. The van der Waals surface area contributed by atoms with Gasteiger partial charge in [0.05, 0.1) is 12.0 Å². The molecule has 1 aliphatic rings. The van der Waals surface area contributed by atoms with Gasteiger partial charge in [-0.1, -0.05) is 20.8 Å². The van der Waals surface area contributed by atoms with Gasteiger partial charge in [0.25, 0.3) is 0 Å². The largest absolute Gasteiger partial charge is 0.440 e. The molecule has 2 atom stereocenters. The number of amides is 1. The van der Waals surface area contributed by atoms with E-state index < -0.39 is 6.10 Å². The molecule has 22 heavy (non-hydrogen) atoms. The lowest BCUT2D eigenvalue weighted by Crippen LogP contribution is -2.28. The number of oxazole rings is 1. The zero-order valence-corrected chi connectivity index (χ0v) is 13.2. The van der Waals surface area contributed by atoms with Gasteiger partial charge < -0.3 is 14.8 Å². The van der Waals surface area contributed by atoms with Crippen molar-refractivity contribution in [3.63, 3.8) is 0 Å². The SMILES string of the molecule is CC(C)(C)c1nc2cc(NC(=O)C3CCCC3O)ccc2o1. The summed E-state index contributed by atoms with van der Waals surface area (Å²) >= 11 is 0. The predicted molar refractivity (Wildman–Crippen MR) is 84.7 cm³/mol. The fourth-order valence-electron chi connectivity index (χ4n) is 2.81. The Labute approximate surface area is 129 Å². The molecule has 0 aliphatic heterocycles. The second-order valence-corrected chi connectivity index (χ2v) is 7.05. The van der Waals surface area contributed by atoms with Crippen LogP contribution in [0.15, 0.2) is 22.6 Å². The van der Waals surface area contributed by atoms with Gasteiger partial charge >= 0.3 is 0 Å². The van der Waals surface area contributed by atoms with Crippen molar-refractivity contribution < 1.29 is 14.3 Å². The average Bonchev–Trinajstić information content (AvgIpc) is 3.03. The minimum Gasteiger partial charge on any atom is -0.440 e. The van der Waals surface area contributed by atoms with Crippen molar-refractivity contribution in [1.82, 2.24) is 4.98 Å². The van der Waals surface area contributed by atoms with Crippen molar-refractivity contribution in [2.75, 3.05) is 5.32 Å². The van der Waals surface area contributed by atoms with E-state index in [4.69, 9.17) is 4.42 Å². The molecule has 0 bridgehead atoms. The zero-order valence-electron chi connectivity index (χ0n) is 13.2. The molecule has 2 unspecified atom stereocenters. The summed E-state index contributed by atoms with van der Waals surface area (Å²) in [6.45, 7) is 6.13. The van der Waals surface area contributed by atoms with Crippen LogP contribution >= 0.6 is 0 Å². The van der Waals surface area contributed by atoms with Gasteiger partial charge in [0.1, 0.15) is 5.52 Å². The first-order valence-corrected chi connectivity index (χ1v) is 7.74. The van der Waals surface area contributed by atoms with Gasteiger partial charge in [-0.3, -0.25) is 4.79 Å². The lowest BCUT2D eigenvalue weighted by atomic mass is 9.97. The number of hydrogen-bond acceptors (Lipinski definition) is 4. The van der Waals surface area contributed by atoms with Gasteiger partial charge in [-0.15, -0.1) is 0 Å². The molecule has 1 aromatic heterocycles.